The van der Waals surface area contributed by atoms with Gasteiger partial charge in [-0.3, -0.25) is 4.79 Å². The third kappa shape index (κ3) is 4.83. The van der Waals surface area contributed by atoms with Gasteiger partial charge < -0.3 is 9.73 Å². The third-order valence-electron chi connectivity index (χ3n) is 4.32. The first-order chi connectivity index (χ1) is 14.2. The van der Waals surface area contributed by atoms with Crippen molar-refractivity contribution in [1.82, 2.24) is 5.43 Å². The average Bonchev–Trinajstić information content (AvgIpc) is 3.21. The summed E-state index contributed by atoms with van der Waals surface area (Å²) in [6.07, 6.45) is 1.46. The van der Waals surface area contributed by atoms with Gasteiger partial charge >= 0.3 is 0 Å². The van der Waals surface area contributed by atoms with Gasteiger partial charge in [0.05, 0.1) is 12.8 Å². The molecule has 6 heteroatoms. The number of benzene rings is 3. The number of rotatable bonds is 6. The van der Waals surface area contributed by atoms with Crippen molar-refractivity contribution < 1.29 is 9.21 Å². The van der Waals surface area contributed by atoms with Crippen molar-refractivity contribution in [2.75, 3.05) is 11.9 Å². The molecule has 0 atom stereocenters. The first kappa shape index (κ1) is 18.8. The fraction of sp³-hybridized carbons (Fsp3) is 0.0435. The third-order valence-corrected chi connectivity index (χ3v) is 4.55. The lowest BCUT2D eigenvalue weighted by molar-refractivity contribution is -0.119. The Balaban J connectivity index is 1.30. The molecule has 4 aromatic rings. The lowest BCUT2D eigenvalue weighted by Gasteiger charge is -2.06. The summed E-state index contributed by atoms with van der Waals surface area (Å²) in [7, 11) is 0. The summed E-state index contributed by atoms with van der Waals surface area (Å²) in [6.45, 7) is 0.113. The Labute approximate surface area is 173 Å². The standard InChI is InChI=1S/C23H18ClN3O2/c24-19-7-3-6-18(12-19)22-11-10-21(29-22)14-26-27-23(28)15-25-20-9-8-16-4-1-2-5-17(16)13-20/h1-14,25H,15H2,(H,27,28)/b26-14-. The molecular formula is C23H18ClN3O2. The molecule has 3 aromatic carbocycles. The van der Waals surface area contributed by atoms with Gasteiger partial charge in [-0.15, -0.1) is 0 Å². The minimum Gasteiger partial charge on any atom is -0.455 e. The highest BCUT2D eigenvalue weighted by molar-refractivity contribution is 6.30. The zero-order chi connectivity index (χ0) is 20.1. The van der Waals surface area contributed by atoms with E-state index in [1.54, 1.807) is 12.1 Å². The summed E-state index contributed by atoms with van der Waals surface area (Å²) in [5, 5.41) is 9.95. The topological polar surface area (TPSA) is 66.6 Å². The molecule has 0 saturated carbocycles. The van der Waals surface area contributed by atoms with Gasteiger partial charge in [-0.1, -0.05) is 54.1 Å². The summed E-state index contributed by atoms with van der Waals surface area (Å²) < 4.78 is 5.70. The van der Waals surface area contributed by atoms with E-state index in [4.69, 9.17) is 16.0 Å². The Morgan fingerprint density at radius 2 is 1.83 bits per heavy atom. The van der Waals surface area contributed by atoms with Crippen molar-refractivity contribution in [3.05, 3.63) is 89.6 Å². The van der Waals surface area contributed by atoms with E-state index in [1.165, 1.54) is 6.21 Å². The number of carbonyl (C=O) groups is 1. The number of hydrogen-bond donors (Lipinski definition) is 2. The van der Waals surface area contributed by atoms with E-state index in [0.717, 1.165) is 22.0 Å². The molecule has 4 rings (SSSR count). The number of nitrogens with zero attached hydrogens (tertiary/aromatic N) is 1. The van der Waals surface area contributed by atoms with Crippen LogP contribution in [0.5, 0.6) is 0 Å². The number of amides is 1. The van der Waals surface area contributed by atoms with Crippen LogP contribution >= 0.6 is 11.6 Å². The molecule has 0 aliphatic carbocycles. The maximum absolute atomic E-state index is 12.0. The van der Waals surface area contributed by atoms with Gasteiger partial charge in [0, 0.05) is 16.3 Å². The van der Waals surface area contributed by atoms with Crippen LogP contribution in [0.2, 0.25) is 5.02 Å². The SMILES string of the molecule is O=C(CNc1ccc2ccccc2c1)N/N=C\c1ccc(-c2cccc(Cl)c2)o1. The summed E-state index contributed by atoms with van der Waals surface area (Å²) >= 11 is 6.00. The maximum Gasteiger partial charge on any atom is 0.259 e. The van der Waals surface area contributed by atoms with Crippen LogP contribution in [0.25, 0.3) is 22.1 Å². The predicted octanol–water partition coefficient (Wildman–Crippen LogP) is 5.32. The number of fused-ring (bicyclic) bond motifs is 1. The summed E-state index contributed by atoms with van der Waals surface area (Å²) in [5.74, 6) is 0.956. The van der Waals surface area contributed by atoms with Crippen molar-refractivity contribution in [3.8, 4) is 11.3 Å². The van der Waals surface area contributed by atoms with E-state index in [-0.39, 0.29) is 12.5 Å². The second-order valence-electron chi connectivity index (χ2n) is 6.42. The van der Waals surface area contributed by atoms with Crippen molar-refractivity contribution in [2.24, 2.45) is 5.10 Å². The van der Waals surface area contributed by atoms with Crippen molar-refractivity contribution in [1.29, 1.82) is 0 Å². The molecule has 1 amide bonds. The minimum absolute atomic E-state index is 0.113. The molecule has 144 valence electrons. The first-order valence-corrected chi connectivity index (χ1v) is 9.45. The average molecular weight is 404 g/mol. The van der Waals surface area contributed by atoms with E-state index in [0.29, 0.717) is 16.5 Å². The van der Waals surface area contributed by atoms with E-state index >= 15 is 0 Å². The summed E-state index contributed by atoms with van der Waals surface area (Å²) in [6, 6.07) is 25.0. The largest absolute Gasteiger partial charge is 0.455 e. The van der Waals surface area contributed by atoms with Gasteiger partial charge in [-0.25, -0.2) is 5.43 Å². The van der Waals surface area contributed by atoms with Crippen molar-refractivity contribution in [3.63, 3.8) is 0 Å². The Hall–Kier alpha value is -3.57. The molecule has 5 nitrogen and oxygen atoms in total. The number of hydrazone groups is 1. The fourth-order valence-electron chi connectivity index (χ4n) is 2.91. The van der Waals surface area contributed by atoms with Crippen molar-refractivity contribution in [2.45, 2.75) is 0 Å². The molecule has 1 aromatic heterocycles. The van der Waals surface area contributed by atoms with E-state index in [1.807, 2.05) is 66.7 Å². The van der Waals surface area contributed by atoms with Gasteiger partial charge in [0.15, 0.2) is 0 Å². The zero-order valence-electron chi connectivity index (χ0n) is 15.4. The lowest BCUT2D eigenvalue weighted by atomic mass is 10.1. The highest BCUT2D eigenvalue weighted by atomic mass is 35.5. The van der Waals surface area contributed by atoms with Crippen LogP contribution in [-0.2, 0) is 4.79 Å². The normalized spacial score (nSPS) is 11.1. The molecule has 0 spiro atoms. The van der Waals surface area contributed by atoms with Crippen LogP contribution in [-0.4, -0.2) is 18.7 Å². The number of carbonyl (C=O) groups excluding carboxylic acids is 1. The monoisotopic (exact) mass is 403 g/mol. The molecule has 2 N–H and O–H groups in total. The van der Waals surface area contributed by atoms with Gasteiger partial charge in [-0.05, 0) is 47.2 Å². The molecule has 29 heavy (non-hydrogen) atoms. The number of halogens is 1. The van der Waals surface area contributed by atoms with Gasteiger partial charge in [-0.2, -0.15) is 5.10 Å². The van der Waals surface area contributed by atoms with E-state index in [9.17, 15) is 4.79 Å². The predicted molar refractivity (Wildman–Crippen MR) is 117 cm³/mol. The van der Waals surface area contributed by atoms with Crippen molar-refractivity contribution >= 4 is 40.2 Å². The number of anilines is 1. The summed E-state index contributed by atoms with van der Waals surface area (Å²) in [4.78, 5) is 12.0. The minimum atomic E-state index is -0.254. The Bertz CT molecular complexity index is 1180. The molecule has 0 aliphatic rings. The highest BCUT2D eigenvalue weighted by Gasteiger charge is 2.05. The number of hydrogen-bond acceptors (Lipinski definition) is 4. The molecular weight excluding hydrogens is 386 g/mol. The van der Waals surface area contributed by atoms with Crippen LogP contribution < -0.4 is 10.7 Å². The molecule has 0 fully saturated rings. The maximum atomic E-state index is 12.0. The van der Waals surface area contributed by atoms with Crippen LogP contribution in [0.15, 0.2) is 88.4 Å². The molecule has 0 unspecified atom stereocenters. The molecule has 0 saturated heterocycles. The fourth-order valence-corrected chi connectivity index (χ4v) is 3.10. The Kier molecular flexibility index (Phi) is 5.59. The molecule has 0 aliphatic heterocycles. The van der Waals surface area contributed by atoms with Gasteiger partial charge in [0.1, 0.15) is 11.5 Å². The molecule has 1 heterocycles. The van der Waals surface area contributed by atoms with Gasteiger partial charge in [0.2, 0.25) is 0 Å². The second kappa shape index (κ2) is 8.63. The lowest BCUT2D eigenvalue weighted by Crippen LogP contribution is -2.25. The first-order valence-electron chi connectivity index (χ1n) is 9.08. The highest BCUT2D eigenvalue weighted by Crippen LogP contribution is 2.24. The van der Waals surface area contributed by atoms with Crippen LogP contribution in [0.1, 0.15) is 5.76 Å². The van der Waals surface area contributed by atoms with E-state index in [2.05, 4.69) is 15.8 Å². The van der Waals surface area contributed by atoms with Crippen LogP contribution in [0, 0.1) is 0 Å². The summed E-state index contributed by atoms with van der Waals surface area (Å²) in [5.41, 5.74) is 4.23. The quantitative estimate of drug-likeness (QED) is 0.338. The van der Waals surface area contributed by atoms with Crippen LogP contribution in [0.4, 0.5) is 5.69 Å². The Morgan fingerprint density at radius 3 is 2.69 bits per heavy atom. The van der Waals surface area contributed by atoms with E-state index < -0.39 is 0 Å². The number of nitrogens with one attached hydrogen (secondary N) is 2. The Morgan fingerprint density at radius 1 is 0.966 bits per heavy atom. The smallest absolute Gasteiger partial charge is 0.259 e. The molecule has 0 radical (unpaired) electrons. The van der Waals surface area contributed by atoms with Crippen LogP contribution in [0.3, 0.4) is 0 Å². The number of furan rings is 1. The van der Waals surface area contributed by atoms with Gasteiger partial charge in [0.25, 0.3) is 5.91 Å². The second-order valence-corrected chi connectivity index (χ2v) is 6.86. The molecule has 0 bridgehead atoms. The zero-order valence-corrected chi connectivity index (χ0v) is 16.2.